The first-order valence-electron chi connectivity index (χ1n) is 9.89. The zero-order valence-corrected chi connectivity index (χ0v) is 18.1. The molecule has 1 unspecified atom stereocenters. The number of hydrogen-bond acceptors (Lipinski definition) is 3. The molecule has 0 saturated carbocycles. The third-order valence-electron chi connectivity index (χ3n) is 5.79. The number of hydrogen-bond donors (Lipinski definition) is 0. The average molecular weight is 450 g/mol. The Labute approximate surface area is 185 Å². The van der Waals surface area contributed by atoms with Gasteiger partial charge in [-0.3, -0.25) is 9.59 Å². The average Bonchev–Trinajstić information content (AvgIpc) is 3.13. The van der Waals surface area contributed by atoms with Gasteiger partial charge in [0.25, 0.3) is 0 Å². The van der Waals surface area contributed by atoms with Crippen LogP contribution in [-0.4, -0.2) is 49.4 Å². The molecule has 0 aliphatic carbocycles. The van der Waals surface area contributed by atoms with Gasteiger partial charge in [0, 0.05) is 55.5 Å². The van der Waals surface area contributed by atoms with Crippen molar-refractivity contribution in [1.29, 1.82) is 0 Å². The Morgan fingerprint density at radius 1 is 1.07 bits per heavy atom. The Hall–Kier alpha value is -2.31. The number of carbonyl (C=O) groups is 2. The number of aryl methyl sites for hydroxylation is 1. The highest BCUT2D eigenvalue weighted by Crippen LogP contribution is 2.30. The quantitative estimate of drug-likeness (QED) is 0.706. The summed E-state index contributed by atoms with van der Waals surface area (Å²) >= 11 is 12.0. The van der Waals surface area contributed by atoms with Crippen molar-refractivity contribution in [3.63, 3.8) is 0 Å². The molecule has 0 N–H and O–H groups in total. The molecule has 1 atom stereocenters. The maximum Gasteiger partial charge on any atom is 0.228 e. The van der Waals surface area contributed by atoms with Gasteiger partial charge < -0.3 is 14.7 Å². The Morgan fingerprint density at radius 3 is 2.50 bits per heavy atom. The zero-order valence-electron chi connectivity index (χ0n) is 16.6. The van der Waals surface area contributed by atoms with Crippen LogP contribution in [0.5, 0.6) is 0 Å². The molecule has 2 saturated heterocycles. The maximum absolute atomic E-state index is 13.4. The molecule has 2 aliphatic rings. The van der Waals surface area contributed by atoms with E-state index in [-0.39, 0.29) is 29.8 Å². The summed E-state index contributed by atoms with van der Waals surface area (Å²) in [5, 5.41) is 0.655. The molecule has 2 aromatic rings. The molecule has 4 rings (SSSR count). The Morgan fingerprint density at radius 2 is 1.80 bits per heavy atom. The number of benzene rings is 2. The number of carbonyl (C=O) groups excluding carboxylic acids is 2. The summed E-state index contributed by atoms with van der Waals surface area (Å²) in [6.07, 6.45) is 0.154. The molecule has 0 spiro atoms. The van der Waals surface area contributed by atoms with Crippen molar-refractivity contribution in [2.45, 2.75) is 13.3 Å². The van der Waals surface area contributed by atoms with Crippen molar-refractivity contribution in [3.8, 4) is 0 Å². The van der Waals surface area contributed by atoms with Crippen LogP contribution in [0, 0.1) is 18.7 Å². The first kappa shape index (κ1) is 20.9. The van der Waals surface area contributed by atoms with Gasteiger partial charge in [-0.1, -0.05) is 29.3 Å². The van der Waals surface area contributed by atoms with Crippen LogP contribution in [0.1, 0.15) is 12.0 Å². The second-order valence-electron chi connectivity index (χ2n) is 7.75. The minimum Gasteiger partial charge on any atom is -0.368 e. The smallest absolute Gasteiger partial charge is 0.228 e. The Bertz CT molecular complexity index is 992. The molecule has 30 heavy (non-hydrogen) atoms. The molecule has 2 heterocycles. The molecule has 2 amide bonds. The van der Waals surface area contributed by atoms with E-state index in [0.29, 0.717) is 36.9 Å². The number of nitrogens with zero attached hydrogens (tertiary/aromatic N) is 3. The summed E-state index contributed by atoms with van der Waals surface area (Å²) in [5.74, 6) is -1.10. The minimum absolute atomic E-state index is 0.0125. The first-order valence-corrected chi connectivity index (χ1v) is 10.6. The van der Waals surface area contributed by atoms with E-state index in [9.17, 15) is 14.0 Å². The van der Waals surface area contributed by atoms with E-state index in [0.717, 1.165) is 11.3 Å². The molecular weight excluding hydrogens is 428 g/mol. The molecule has 2 aliphatic heterocycles. The number of rotatable bonds is 3. The fraction of sp³-hybridized carbons (Fsp3) is 0.364. The lowest BCUT2D eigenvalue weighted by Gasteiger charge is -2.37. The highest BCUT2D eigenvalue weighted by molar-refractivity contribution is 6.31. The summed E-state index contributed by atoms with van der Waals surface area (Å²) in [5.41, 5.74) is 2.75. The van der Waals surface area contributed by atoms with Gasteiger partial charge in [-0.25, -0.2) is 4.39 Å². The highest BCUT2D eigenvalue weighted by atomic mass is 35.5. The van der Waals surface area contributed by atoms with E-state index < -0.39 is 11.7 Å². The summed E-state index contributed by atoms with van der Waals surface area (Å²) in [7, 11) is 0. The van der Waals surface area contributed by atoms with Gasteiger partial charge in [0.15, 0.2) is 0 Å². The summed E-state index contributed by atoms with van der Waals surface area (Å²) in [6.45, 7) is 4.95. The topological polar surface area (TPSA) is 43.9 Å². The zero-order chi connectivity index (χ0) is 21.4. The Kier molecular flexibility index (Phi) is 5.89. The summed E-state index contributed by atoms with van der Waals surface area (Å²) < 4.78 is 13.4. The van der Waals surface area contributed by atoms with Crippen molar-refractivity contribution in [3.05, 3.63) is 57.8 Å². The van der Waals surface area contributed by atoms with Crippen molar-refractivity contribution < 1.29 is 14.0 Å². The molecule has 2 aromatic carbocycles. The number of anilines is 2. The van der Waals surface area contributed by atoms with Gasteiger partial charge in [-0.05, 0) is 42.8 Å². The molecular formula is C22H22Cl2FN3O2. The third kappa shape index (κ3) is 4.12. The fourth-order valence-corrected chi connectivity index (χ4v) is 4.47. The van der Waals surface area contributed by atoms with Crippen LogP contribution in [0.25, 0.3) is 0 Å². The van der Waals surface area contributed by atoms with Crippen LogP contribution in [0.3, 0.4) is 0 Å². The van der Waals surface area contributed by atoms with Crippen molar-refractivity contribution in [1.82, 2.24) is 4.90 Å². The van der Waals surface area contributed by atoms with Gasteiger partial charge in [-0.15, -0.1) is 0 Å². The second kappa shape index (κ2) is 8.44. The maximum atomic E-state index is 13.4. The SMILES string of the molecule is Cc1ccc(Cl)cc1N1CCN(C(=O)C2CC(=O)N(c3ccc(F)c(Cl)c3)C2)CC1. The Balaban J connectivity index is 1.39. The van der Waals surface area contributed by atoms with E-state index in [2.05, 4.69) is 4.90 Å². The predicted octanol–water partition coefficient (Wildman–Crippen LogP) is 4.14. The van der Waals surface area contributed by atoms with Crippen LogP contribution in [0.4, 0.5) is 15.8 Å². The van der Waals surface area contributed by atoms with Gasteiger partial charge in [-0.2, -0.15) is 0 Å². The summed E-state index contributed by atoms with van der Waals surface area (Å²) in [4.78, 5) is 31.1. The van der Waals surface area contributed by atoms with Gasteiger partial charge in [0.1, 0.15) is 5.82 Å². The monoisotopic (exact) mass is 449 g/mol. The normalized spacial score (nSPS) is 19.5. The number of amides is 2. The lowest BCUT2D eigenvalue weighted by atomic mass is 10.1. The molecule has 8 heteroatoms. The van der Waals surface area contributed by atoms with Gasteiger partial charge in [0.2, 0.25) is 11.8 Å². The van der Waals surface area contributed by atoms with Crippen LogP contribution in [0.2, 0.25) is 10.0 Å². The fourth-order valence-electron chi connectivity index (χ4n) is 4.12. The van der Waals surface area contributed by atoms with Crippen LogP contribution < -0.4 is 9.80 Å². The van der Waals surface area contributed by atoms with E-state index in [1.54, 1.807) is 0 Å². The van der Waals surface area contributed by atoms with E-state index in [1.165, 1.54) is 23.1 Å². The largest absolute Gasteiger partial charge is 0.368 e. The molecule has 0 aromatic heterocycles. The van der Waals surface area contributed by atoms with Gasteiger partial charge in [0.05, 0.1) is 10.9 Å². The minimum atomic E-state index is -0.535. The summed E-state index contributed by atoms with van der Waals surface area (Å²) in [6, 6.07) is 9.99. The molecule has 0 bridgehead atoms. The van der Waals surface area contributed by atoms with Crippen LogP contribution >= 0.6 is 23.2 Å². The molecule has 2 fully saturated rings. The number of halogens is 3. The van der Waals surface area contributed by atoms with Crippen LogP contribution in [0.15, 0.2) is 36.4 Å². The van der Waals surface area contributed by atoms with Gasteiger partial charge >= 0.3 is 0 Å². The van der Waals surface area contributed by atoms with E-state index in [4.69, 9.17) is 23.2 Å². The number of piperazine rings is 1. The lowest BCUT2D eigenvalue weighted by molar-refractivity contribution is -0.136. The van der Waals surface area contributed by atoms with E-state index in [1.807, 2.05) is 30.0 Å². The van der Waals surface area contributed by atoms with Crippen LogP contribution in [-0.2, 0) is 9.59 Å². The second-order valence-corrected chi connectivity index (χ2v) is 8.59. The predicted molar refractivity (Wildman–Crippen MR) is 117 cm³/mol. The van der Waals surface area contributed by atoms with E-state index >= 15 is 0 Å². The first-order chi connectivity index (χ1) is 14.3. The molecule has 5 nitrogen and oxygen atoms in total. The lowest BCUT2D eigenvalue weighted by Crippen LogP contribution is -2.50. The highest BCUT2D eigenvalue weighted by Gasteiger charge is 2.38. The van der Waals surface area contributed by atoms with Crippen molar-refractivity contribution in [2.24, 2.45) is 5.92 Å². The standard InChI is InChI=1S/C22H22Cl2FN3O2/c1-14-2-3-16(23)11-20(14)26-6-8-27(9-7-26)22(30)15-10-21(29)28(13-15)17-4-5-19(25)18(24)12-17/h2-5,11-12,15H,6-10,13H2,1H3. The molecule has 158 valence electrons. The third-order valence-corrected chi connectivity index (χ3v) is 6.32. The van der Waals surface area contributed by atoms with Crippen molar-refractivity contribution >= 4 is 46.4 Å². The van der Waals surface area contributed by atoms with Crippen molar-refractivity contribution in [2.75, 3.05) is 42.5 Å². The molecule has 0 radical (unpaired) electrons.